The molecule has 0 spiro atoms. The van der Waals surface area contributed by atoms with E-state index in [0.29, 0.717) is 18.1 Å². The van der Waals surface area contributed by atoms with Crippen LogP contribution in [-0.2, 0) is 6.54 Å². The standard InChI is InChI=1S/C15H25N3O2/c1-3-8-18-12-13(14(16-18)20-11-4-2)15(19)17-9-6-5-7-10-17/h12H,3-11H2,1-2H3. The van der Waals surface area contributed by atoms with Crippen molar-refractivity contribution in [1.29, 1.82) is 0 Å². The van der Waals surface area contributed by atoms with E-state index in [1.807, 2.05) is 15.8 Å². The van der Waals surface area contributed by atoms with Crippen LogP contribution in [0, 0.1) is 0 Å². The fourth-order valence-electron chi connectivity index (χ4n) is 2.47. The van der Waals surface area contributed by atoms with Crippen molar-refractivity contribution < 1.29 is 9.53 Å². The lowest BCUT2D eigenvalue weighted by atomic mass is 10.1. The SMILES string of the molecule is CCCOc1nn(CCC)cc1C(=O)N1CCCCC1. The molecule has 2 heterocycles. The van der Waals surface area contributed by atoms with Crippen LogP contribution in [0.2, 0.25) is 0 Å². The number of rotatable bonds is 6. The molecule has 0 radical (unpaired) electrons. The Hall–Kier alpha value is -1.52. The van der Waals surface area contributed by atoms with Crippen molar-refractivity contribution in [2.24, 2.45) is 0 Å². The summed E-state index contributed by atoms with van der Waals surface area (Å²) in [6, 6.07) is 0. The number of hydrogen-bond donors (Lipinski definition) is 0. The number of ether oxygens (including phenoxy) is 1. The van der Waals surface area contributed by atoms with Crippen LogP contribution in [0.4, 0.5) is 0 Å². The van der Waals surface area contributed by atoms with Gasteiger partial charge < -0.3 is 9.64 Å². The second kappa shape index (κ2) is 7.31. The van der Waals surface area contributed by atoms with Gasteiger partial charge in [0.05, 0.1) is 6.61 Å². The molecule has 0 N–H and O–H groups in total. The Morgan fingerprint density at radius 3 is 2.65 bits per heavy atom. The number of carbonyl (C=O) groups excluding carboxylic acids is 1. The Morgan fingerprint density at radius 1 is 1.25 bits per heavy atom. The molecule has 1 aliphatic rings. The maximum Gasteiger partial charge on any atom is 0.260 e. The molecule has 5 heteroatoms. The van der Waals surface area contributed by atoms with Gasteiger partial charge in [-0.25, -0.2) is 0 Å². The van der Waals surface area contributed by atoms with Crippen molar-refractivity contribution in [2.45, 2.75) is 52.5 Å². The number of nitrogens with zero attached hydrogens (tertiary/aromatic N) is 3. The summed E-state index contributed by atoms with van der Waals surface area (Å²) in [5.74, 6) is 0.564. The third-order valence-electron chi connectivity index (χ3n) is 3.50. The van der Waals surface area contributed by atoms with Gasteiger partial charge in [0.25, 0.3) is 5.91 Å². The number of aryl methyl sites for hydroxylation is 1. The predicted octanol–water partition coefficient (Wildman–Crippen LogP) is 2.71. The Balaban J connectivity index is 2.15. The number of hydrogen-bond acceptors (Lipinski definition) is 3. The normalized spacial score (nSPS) is 15.4. The first-order chi connectivity index (χ1) is 9.76. The molecule has 1 aliphatic heterocycles. The van der Waals surface area contributed by atoms with Crippen LogP contribution >= 0.6 is 0 Å². The summed E-state index contributed by atoms with van der Waals surface area (Å²) < 4.78 is 7.47. The molecule has 1 amide bonds. The Kier molecular flexibility index (Phi) is 5.44. The molecule has 1 aromatic heterocycles. The predicted molar refractivity (Wildman–Crippen MR) is 78.1 cm³/mol. The fraction of sp³-hybridized carbons (Fsp3) is 0.733. The molecule has 0 aliphatic carbocycles. The number of carbonyl (C=O) groups is 1. The van der Waals surface area contributed by atoms with E-state index in [-0.39, 0.29) is 5.91 Å². The zero-order chi connectivity index (χ0) is 14.4. The van der Waals surface area contributed by atoms with Gasteiger partial charge in [0.1, 0.15) is 5.56 Å². The minimum absolute atomic E-state index is 0.0677. The first kappa shape index (κ1) is 14.9. The lowest BCUT2D eigenvalue weighted by Gasteiger charge is -2.26. The molecule has 1 saturated heterocycles. The van der Waals surface area contributed by atoms with Crippen LogP contribution in [0.3, 0.4) is 0 Å². The third-order valence-corrected chi connectivity index (χ3v) is 3.50. The molecule has 0 saturated carbocycles. The summed E-state index contributed by atoms with van der Waals surface area (Å²) in [6.45, 7) is 7.27. The van der Waals surface area contributed by atoms with Crippen LogP contribution in [0.25, 0.3) is 0 Å². The second-order valence-corrected chi connectivity index (χ2v) is 5.31. The summed E-state index contributed by atoms with van der Waals surface area (Å²) in [7, 11) is 0. The number of likely N-dealkylation sites (tertiary alicyclic amines) is 1. The zero-order valence-corrected chi connectivity index (χ0v) is 12.6. The van der Waals surface area contributed by atoms with Crippen molar-refractivity contribution in [2.75, 3.05) is 19.7 Å². The van der Waals surface area contributed by atoms with Gasteiger partial charge in [0.2, 0.25) is 5.88 Å². The fourth-order valence-corrected chi connectivity index (χ4v) is 2.47. The molecule has 20 heavy (non-hydrogen) atoms. The Bertz CT molecular complexity index is 436. The first-order valence-electron chi connectivity index (χ1n) is 7.75. The Labute approximate surface area is 120 Å². The van der Waals surface area contributed by atoms with Crippen molar-refractivity contribution >= 4 is 5.91 Å². The van der Waals surface area contributed by atoms with E-state index in [1.54, 1.807) is 0 Å². The maximum atomic E-state index is 12.6. The highest BCUT2D eigenvalue weighted by atomic mass is 16.5. The summed E-state index contributed by atoms with van der Waals surface area (Å²) in [5, 5.41) is 4.40. The van der Waals surface area contributed by atoms with Gasteiger partial charge in [-0.2, -0.15) is 0 Å². The lowest BCUT2D eigenvalue weighted by Crippen LogP contribution is -2.35. The smallest absolute Gasteiger partial charge is 0.260 e. The number of piperidine rings is 1. The molecule has 112 valence electrons. The van der Waals surface area contributed by atoms with E-state index >= 15 is 0 Å². The van der Waals surface area contributed by atoms with Gasteiger partial charge in [-0.1, -0.05) is 13.8 Å². The van der Waals surface area contributed by atoms with Crippen molar-refractivity contribution in [3.05, 3.63) is 11.8 Å². The lowest BCUT2D eigenvalue weighted by molar-refractivity contribution is 0.0720. The molecule has 0 unspecified atom stereocenters. The molecular weight excluding hydrogens is 254 g/mol. The first-order valence-corrected chi connectivity index (χ1v) is 7.75. The largest absolute Gasteiger partial charge is 0.476 e. The number of aromatic nitrogens is 2. The highest BCUT2D eigenvalue weighted by molar-refractivity contribution is 5.96. The molecule has 0 aromatic carbocycles. The zero-order valence-electron chi connectivity index (χ0n) is 12.6. The highest BCUT2D eigenvalue weighted by Crippen LogP contribution is 2.21. The van der Waals surface area contributed by atoms with Gasteiger partial charge in [-0.15, -0.1) is 5.10 Å². The maximum absolute atomic E-state index is 12.6. The summed E-state index contributed by atoms with van der Waals surface area (Å²) in [4.78, 5) is 14.5. The molecule has 2 rings (SSSR count). The average molecular weight is 279 g/mol. The molecule has 5 nitrogen and oxygen atoms in total. The van der Waals surface area contributed by atoms with Gasteiger partial charge in [-0.05, 0) is 32.1 Å². The number of amides is 1. The topological polar surface area (TPSA) is 47.4 Å². The van der Waals surface area contributed by atoms with Crippen LogP contribution in [-0.4, -0.2) is 40.3 Å². The van der Waals surface area contributed by atoms with Crippen molar-refractivity contribution in [1.82, 2.24) is 14.7 Å². The van der Waals surface area contributed by atoms with Crippen LogP contribution < -0.4 is 4.74 Å². The van der Waals surface area contributed by atoms with E-state index in [0.717, 1.165) is 45.3 Å². The molecule has 1 aromatic rings. The molecule has 1 fully saturated rings. The monoisotopic (exact) mass is 279 g/mol. The van der Waals surface area contributed by atoms with Crippen LogP contribution in [0.15, 0.2) is 6.20 Å². The van der Waals surface area contributed by atoms with E-state index in [1.165, 1.54) is 6.42 Å². The quantitative estimate of drug-likeness (QED) is 0.804. The van der Waals surface area contributed by atoms with Gasteiger partial charge >= 0.3 is 0 Å². The molecule has 0 bridgehead atoms. The molecule has 0 atom stereocenters. The van der Waals surface area contributed by atoms with Gasteiger partial charge in [-0.3, -0.25) is 9.48 Å². The summed E-state index contributed by atoms with van der Waals surface area (Å²) >= 11 is 0. The summed E-state index contributed by atoms with van der Waals surface area (Å²) in [5.41, 5.74) is 0.619. The van der Waals surface area contributed by atoms with E-state index in [2.05, 4.69) is 18.9 Å². The minimum atomic E-state index is 0.0677. The molecular formula is C15H25N3O2. The van der Waals surface area contributed by atoms with Gasteiger partial charge in [0, 0.05) is 25.8 Å². The second-order valence-electron chi connectivity index (χ2n) is 5.31. The third kappa shape index (κ3) is 3.52. The van der Waals surface area contributed by atoms with Gasteiger partial charge in [0.15, 0.2) is 0 Å². The Morgan fingerprint density at radius 2 is 2.00 bits per heavy atom. The van der Waals surface area contributed by atoms with E-state index in [4.69, 9.17) is 4.74 Å². The van der Waals surface area contributed by atoms with Crippen LogP contribution in [0.1, 0.15) is 56.3 Å². The summed E-state index contributed by atoms with van der Waals surface area (Å²) in [6.07, 6.45) is 7.16. The van der Waals surface area contributed by atoms with Crippen LogP contribution in [0.5, 0.6) is 5.88 Å². The average Bonchev–Trinajstić information content (AvgIpc) is 2.88. The minimum Gasteiger partial charge on any atom is -0.476 e. The van der Waals surface area contributed by atoms with Crippen molar-refractivity contribution in [3.8, 4) is 5.88 Å². The van der Waals surface area contributed by atoms with E-state index in [9.17, 15) is 4.79 Å². The highest BCUT2D eigenvalue weighted by Gasteiger charge is 2.24. The van der Waals surface area contributed by atoms with Crippen molar-refractivity contribution in [3.63, 3.8) is 0 Å². The van der Waals surface area contributed by atoms with E-state index < -0.39 is 0 Å².